The molecule has 3 aromatic rings. The van der Waals surface area contributed by atoms with Gasteiger partial charge in [-0.25, -0.2) is 0 Å². The number of benzene rings is 2. The molecule has 0 saturated heterocycles. The highest BCUT2D eigenvalue weighted by Crippen LogP contribution is 2.33. The Hall–Kier alpha value is -3.63. The lowest BCUT2D eigenvalue weighted by molar-refractivity contribution is -0.137. The number of nitrogen functional groups attached to an aromatic ring is 1. The molecule has 0 bridgehead atoms. The first-order valence-electron chi connectivity index (χ1n) is 10.9. The Kier molecular flexibility index (Phi) is 7.23. The molecule has 1 aliphatic heterocycles. The zero-order chi connectivity index (χ0) is 25.0. The quantitative estimate of drug-likeness (QED) is 0.285. The standard InChI is InChI=1S/C25H24F3N3O4/c1-33-10-11-34-15-35-22-7-6-20(13-21(22)29)31-9-8-17-12-18(14-30-23(17)24(31)32)16-2-4-19(5-3-16)25(26,27)28/h2-7,12-14H,8-11,15,29H2,1H3. The van der Waals surface area contributed by atoms with Gasteiger partial charge in [0.25, 0.3) is 5.91 Å². The maximum Gasteiger partial charge on any atom is 0.416 e. The molecule has 0 spiro atoms. The number of halogens is 3. The average Bonchev–Trinajstić information content (AvgIpc) is 2.84. The summed E-state index contributed by atoms with van der Waals surface area (Å²) in [5, 5.41) is 0. The Morgan fingerprint density at radius 3 is 2.51 bits per heavy atom. The summed E-state index contributed by atoms with van der Waals surface area (Å²) in [5.74, 6) is 0.163. The van der Waals surface area contributed by atoms with E-state index in [1.807, 2.05) is 0 Å². The predicted molar refractivity (Wildman–Crippen MR) is 124 cm³/mol. The fourth-order valence-electron chi connectivity index (χ4n) is 3.75. The van der Waals surface area contributed by atoms with Crippen LogP contribution in [0.5, 0.6) is 5.75 Å². The molecule has 1 aromatic heterocycles. The molecule has 10 heteroatoms. The molecule has 4 rings (SSSR count). The number of amides is 1. The summed E-state index contributed by atoms with van der Waals surface area (Å²) in [6.45, 7) is 1.28. The second-order valence-electron chi connectivity index (χ2n) is 7.90. The van der Waals surface area contributed by atoms with Crippen molar-refractivity contribution in [3.8, 4) is 16.9 Å². The molecule has 1 aliphatic rings. The number of rotatable bonds is 8. The van der Waals surface area contributed by atoms with Crippen LogP contribution in [0.2, 0.25) is 0 Å². The van der Waals surface area contributed by atoms with E-state index in [4.69, 9.17) is 19.9 Å². The topological polar surface area (TPSA) is 86.9 Å². The van der Waals surface area contributed by atoms with Gasteiger partial charge in [0.15, 0.2) is 6.79 Å². The molecular formula is C25H24F3N3O4. The SMILES string of the molecule is COCCOCOc1ccc(N2CCc3cc(-c4ccc(C(F)(F)F)cc4)cnc3C2=O)cc1N. The van der Waals surface area contributed by atoms with Crippen molar-refractivity contribution in [2.45, 2.75) is 12.6 Å². The summed E-state index contributed by atoms with van der Waals surface area (Å²) in [4.78, 5) is 19.0. The number of pyridine rings is 1. The number of methoxy groups -OCH3 is 1. The lowest BCUT2D eigenvalue weighted by Gasteiger charge is -2.28. The fourth-order valence-corrected chi connectivity index (χ4v) is 3.75. The summed E-state index contributed by atoms with van der Waals surface area (Å²) in [6, 6.07) is 11.7. The molecule has 184 valence electrons. The maximum atomic E-state index is 13.1. The van der Waals surface area contributed by atoms with Crippen LogP contribution in [-0.2, 0) is 22.1 Å². The molecule has 0 fully saturated rings. The van der Waals surface area contributed by atoms with Crippen molar-refractivity contribution in [3.63, 3.8) is 0 Å². The van der Waals surface area contributed by atoms with E-state index in [9.17, 15) is 18.0 Å². The van der Waals surface area contributed by atoms with E-state index in [0.29, 0.717) is 60.1 Å². The number of ether oxygens (including phenoxy) is 3. The van der Waals surface area contributed by atoms with Crippen LogP contribution < -0.4 is 15.4 Å². The summed E-state index contributed by atoms with van der Waals surface area (Å²) in [5.41, 5.74) is 8.65. The Morgan fingerprint density at radius 2 is 1.83 bits per heavy atom. The van der Waals surface area contributed by atoms with Gasteiger partial charge in [0, 0.05) is 31.1 Å². The largest absolute Gasteiger partial charge is 0.465 e. The zero-order valence-electron chi connectivity index (χ0n) is 19.0. The first-order chi connectivity index (χ1) is 16.8. The maximum absolute atomic E-state index is 13.1. The highest BCUT2D eigenvalue weighted by molar-refractivity contribution is 6.07. The monoisotopic (exact) mass is 487 g/mol. The van der Waals surface area contributed by atoms with Gasteiger partial charge in [-0.15, -0.1) is 0 Å². The summed E-state index contributed by atoms with van der Waals surface area (Å²) in [6.07, 6.45) is -2.36. The van der Waals surface area contributed by atoms with E-state index in [2.05, 4.69) is 4.98 Å². The van der Waals surface area contributed by atoms with Crippen LogP contribution in [-0.4, -0.2) is 44.6 Å². The normalized spacial score (nSPS) is 13.6. The smallest absolute Gasteiger partial charge is 0.416 e. The zero-order valence-corrected chi connectivity index (χ0v) is 19.0. The number of hydrogen-bond donors (Lipinski definition) is 1. The molecule has 0 unspecified atom stereocenters. The average molecular weight is 487 g/mol. The van der Waals surface area contributed by atoms with E-state index < -0.39 is 11.7 Å². The molecule has 2 heterocycles. The van der Waals surface area contributed by atoms with Gasteiger partial charge in [-0.05, 0) is 53.9 Å². The molecule has 0 atom stereocenters. The fraction of sp³-hybridized carbons (Fsp3) is 0.280. The van der Waals surface area contributed by atoms with E-state index >= 15 is 0 Å². The number of anilines is 2. The van der Waals surface area contributed by atoms with Gasteiger partial charge in [-0.2, -0.15) is 13.2 Å². The summed E-state index contributed by atoms with van der Waals surface area (Å²) < 4.78 is 54.2. The van der Waals surface area contributed by atoms with E-state index in [1.54, 1.807) is 36.3 Å². The van der Waals surface area contributed by atoms with E-state index in [0.717, 1.165) is 17.7 Å². The third-order valence-corrected chi connectivity index (χ3v) is 5.60. The highest BCUT2D eigenvalue weighted by atomic mass is 19.4. The summed E-state index contributed by atoms with van der Waals surface area (Å²) in [7, 11) is 1.58. The number of fused-ring (bicyclic) bond motifs is 1. The first kappa shape index (κ1) is 24.5. The van der Waals surface area contributed by atoms with Gasteiger partial charge in [0.1, 0.15) is 11.4 Å². The highest BCUT2D eigenvalue weighted by Gasteiger charge is 2.30. The van der Waals surface area contributed by atoms with Crippen LogP contribution in [0.3, 0.4) is 0 Å². The third kappa shape index (κ3) is 5.55. The van der Waals surface area contributed by atoms with Crippen molar-refractivity contribution in [2.75, 3.05) is 44.3 Å². The van der Waals surface area contributed by atoms with Crippen molar-refractivity contribution in [1.29, 1.82) is 0 Å². The van der Waals surface area contributed by atoms with E-state index in [-0.39, 0.29) is 12.7 Å². The molecule has 1 amide bonds. The van der Waals surface area contributed by atoms with Crippen LogP contribution in [0, 0.1) is 0 Å². The van der Waals surface area contributed by atoms with Crippen LogP contribution in [0.15, 0.2) is 54.7 Å². The number of aromatic nitrogens is 1. The van der Waals surface area contributed by atoms with Crippen molar-refractivity contribution in [3.05, 3.63) is 71.5 Å². The number of nitrogens with zero attached hydrogens (tertiary/aromatic N) is 2. The molecular weight excluding hydrogens is 463 g/mol. The lowest BCUT2D eigenvalue weighted by Crippen LogP contribution is -2.38. The molecule has 2 aromatic carbocycles. The second-order valence-corrected chi connectivity index (χ2v) is 7.90. The van der Waals surface area contributed by atoms with Gasteiger partial charge in [-0.1, -0.05) is 12.1 Å². The molecule has 7 nitrogen and oxygen atoms in total. The molecule has 35 heavy (non-hydrogen) atoms. The summed E-state index contributed by atoms with van der Waals surface area (Å²) >= 11 is 0. The Bertz CT molecular complexity index is 1200. The van der Waals surface area contributed by atoms with Gasteiger partial charge in [0.05, 0.1) is 24.5 Å². The van der Waals surface area contributed by atoms with Crippen molar-refractivity contribution >= 4 is 17.3 Å². The van der Waals surface area contributed by atoms with Crippen LogP contribution >= 0.6 is 0 Å². The third-order valence-electron chi connectivity index (χ3n) is 5.60. The Morgan fingerprint density at radius 1 is 1.06 bits per heavy atom. The lowest BCUT2D eigenvalue weighted by atomic mass is 9.98. The molecule has 0 saturated carbocycles. The minimum atomic E-state index is -4.39. The number of hydrogen-bond acceptors (Lipinski definition) is 6. The molecule has 0 aliphatic carbocycles. The van der Waals surface area contributed by atoms with Crippen molar-refractivity contribution in [2.24, 2.45) is 0 Å². The molecule has 2 N–H and O–H groups in total. The Labute approximate surface area is 200 Å². The van der Waals surface area contributed by atoms with Crippen molar-refractivity contribution in [1.82, 2.24) is 4.98 Å². The van der Waals surface area contributed by atoms with Crippen LogP contribution in [0.25, 0.3) is 11.1 Å². The number of carbonyl (C=O) groups is 1. The van der Waals surface area contributed by atoms with Gasteiger partial charge in [-0.3, -0.25) is 9.78 Å². The number of carbonyl (C=O) groups excluding carboxylic acids is 1. The minimum Gasteiger partial charge on any atom is -0.465 e. The first-order valence-corrected chi connectivity index (χ1v) is 10.9. The van der Waals surface area contributed by atoms with Gasteiger partial charge >= 0.3 is 6.18 Å². The van der Waals surface area contributed by atoms with Crippen LogP contribution in [0.1, 0.15) is 21.6 Å². The minimum absolute atomic E-state index is 0.0219. The van der Waals surface area contributed by atoms with Crippen molar-refractivity contribution < 1.29 is 32.2 Å². The second kappa shape index (κ2) is 10.3. The predicted octanol–water partition coefficient (Wildman–Crippen LogP) is 4.55. The van der Waals surface area contributed by atoms with Gasteiger partial charge < -0.3 is 24.8 Å². The van der Waals surface area contributed by atoms with Crippen LogP contribution in [0.4, 0.5) is 24.5 Å². The van der Waals surface area contributed by atoms with Gasteiger partial charge in [0.2, 0.25) is 0 Å². The Balaban J connectivity index is 1.47. The van der Waals surface area contributed by atoms with E-state index in [1.165, 1.54) is 18.3 Å². The number of alkyl halides is 3. The number of nitrogens with two attached hydrogens (primary N) is 1. The molecule has 0 radical (unpaired) electrons.